The van der Waals surface area contributed by atoms with E-state index in [0.29, 0.717) is 32.2 Å². The molecule has 0 aromatic heterocycles. The molecule has 2 heterocycles. The number of hydrogen-bond donors (Lipinski definition) is 1. The van der Waals surface area contributed by atoms with Crippen LogP contribution < -0.4 is 9.46 Å². The van der Waals surface area contributed by atoms with Crippen LogP contribution in [0, 0.1) is 5.92 Å². The van der Waals surface area contributed by atoms with Gasteiger partial charge in [0, 0.05) is 31.8 Å². The Morgan fingerprint density at radius 1 is 1.08 bits per heavy atom. The molecule has 25 heavy (non-hydrogen) atoms. The van der Waals surface area contributed by atoms with Crippen LogP contribution in [0.25, 0.3) is 0 Å². The molecular formula is C18H27NO5S. The lowest BCUT2D eigenvalue weighted by atomic mass is 9.92. The number of ether oxygens (including phenoxy) is 3. The smallest absolute Gasteiger partial charge is 0.208 e. The topological polar surface area (TPSA) is 73.9 Å². The highest BCUT2D eigenvalue weighted by atomic mass is 32.2. The maximum atomic E-state index is 11.5. The molecule has 2 atom stereocenters. The molecule has 0 unspecified atom stereocenters. The van der Waals surface area contributed by atoms with E-state index >= 15 is 0 Å². The molecule has 1 N–H and O–H groups in total. The predicted molar refractivity (Wildman–Crippen MR) is 95.4 cm³/mol. The van der Waals surface area contributed by atoms with Crippen molar-refractivity contribution in [3.8, 4) is 5.75 Å². The second kappa shape index (κ2) is 8.49. The number of rotatable bonds is 6. The number of nitrogens with one attached hydrogen (secondary N) is 1. The first-order chi connectivity index (χ1) is 12.0. The highest BCUT2D eigenvalue weighted by Crippen LogP contribution is 2.28. The van der Waals surface area contributed by atoms with Gasteiger partial charge in [0.05, 0.1) is 19.5 Å². The van der Waals surface area contributed by atoms with Crippen molar-refractivity contribution < 1.29 is 22.6 Å². The van der Waals surface area contributed by atoms with Crippen molar-refractivity contribution in [1.29, 1.82) is 0 Å². The van der Waals surface area contributed by atoms with Crippen molar-refractivity contribution in [3.63, 3.8) is 0 Å². The summed E-state index contributed by atoms with van der Waals surface area (Å²) in [6, 6.07) is 8.09. The summed E-state index contributed by atoms with van der Waals surface area (Å²) in [7, 11) is -3.23. The van der Waals surface area contributed by atoms with Gasteiger partial charge in [0.2, 0.25) is 10.0 Å². The van der Waals surface area contributed by atoms with Crippen LogP contribution in [0.5, 0.6) is 5.75 Å². The minimum absolute atomic E-state index is 0.0126. The molecule has 1 aromatic rings. The molecule has 2 saturated heterocycles. The van der Waals surface area contributed by atoms with E-state index in [-0.39, 0.29) is 12.0 Å². The molecule has 7 heteroatoms. The van der Waals surface area contributed by atoms with Crippen LogP contribution in [0.1, 0.15) is 30.7 Å². The second-order valence-electron chi connectivity index (χ2n) is 6.89. The third kappa shape index (κ3) is 5.67. The Labute approximate surface area is 149 Å². The molecule has 3 rings (SSSR count). The monoisotopic (exact) mass is 369 g/mol. The fourth-order valence-corrected chi connectivity index (χ4v) is 4.32. The maximum absolute atomic E-state index is 11.5. The van der Waals surface area contributed by atoms with Gasteiger partial charge in [-0.05, 0) is 42.9 Å². The molecular weight excluding hydrogens is 342 g/mol. The molecule has 0 aliphatic carbocycles. The van der Waals surface area contributed by atoms with Crippen molar-refractivity contribution in [1.82, 2.24) is 4.72 Å². The van der Waals surface area contributed by atoms with Gasteiger partial charge >= 0.3 is 0 Å². The van der Waals surface area contributed by atoms with E-state index in [9.17, 15) is 8.42 Å². The Hall–Kier alpha value is -1.15. The normalized spacial score (nSPS) is 25.6. The van der Waals surface area contributed by atoms with Gasteiger partial charge in [-0.1, -0.05) is 12.1 Å². The summed E-state index contributed by atoms with van der Waals surface area (Å²) in [4.78, 5) is 0. The van der Waals surface area contributed by atoms with E-state index in [0.717, 1.165) is 31.8 Å². The van der Waals surface area contributed by atoms with E-state index in [1.54, 1.807) is 0 Å². The Kier molecular flexibility index (Phi) is 6.33. The minimum atomic E-state index is -3.23. The molecule has 1 aromatic carbocycles. The van der Waals surface area contributed by atoms with Crippen molar-refractivity contribution in [3.05, 3.63) is 29.8 Å². The number of benzene rings is 1. The summed E-state index contributed by atoms with van der Waals surface area (Å²) in [5.74, 6) is 1.39. The molecule has 0 radical (unpaired) electrons. The van der Waals surface area contributed by atoms with Crippen molar-refractivity contribution in [2.24, 2.45) is 5.92 Å². The average Bonchev–Trinajstić information content (AvgIpc) is 2.61. The van der Waals surface area contributed by atoms with Crippen molar-refractivity contribution >= 4 is 10.0 Å². The summed E-state index contributed by atoms with van der Waals surface area (Å²) in [6.45, 7) is 3.18. The van der Waals surface area contributed by atoms with Gasteiger partial charge in [-0.3, -0.25) is 0 Å². The fraction of sp³-hybridized carbons (Fsp3) is 0.667. The Morgan fingerprint density at radius 2 is 1.76 bits per heavy atom. The zero-order chi connectivity index (χ0) is 17.7. The van der Waals surface area contributed by atoms with Gasteiger partial charge in [-0.25, -0.2) is 13.1 Å². The molecule has 0 saturated carbocycles. The van der Waals surface area contributed by atoms with E-state index < -0.39 is 10.0 Å². The van der Waals surface area contributed by atoms with E-state index in [2.05, 4.69) is 16.9 Å². The quantitative estimate of drug-likeness (QED) is 0.829. The zero-order valence-corrected chi connectivity index (χ0v) is 15.5. The van der Waals surface area contributed by atoms with Crippen molar-refractivity contribution in [2.75, 3.05) is 39.3 Å². The van der Waals surface area contributed by atoms with Crippen LogP contribution in [0.15, 0.2) is 24.3 Å². The SMILES string of the molecule is CS(=O)(=O)N[C@H]1CCOC[C@@H]1COc1ccc(C2CCOCC2)cc1. The molecule has 2 aliphatic heterocycles. The fourth-order valence-electron chi connectivity index (χ4n) is 3.46. The van der Waals surface area contributed by atoms with Crippen LogP contribution in [0.3, 0.4) is 0 Å². The molecule has 2 aliphatic rings. The first kappa shape index (κ1) is 18.6. The highest BCUT2D eigenvalue weighted by molar-refractivity contribution is 7.88. The molecule has 2 fully saturated rings. The Morgan fingerprint density at radius 3 is 2.44 bits per heavy atom. The van der Waals surface area contributed by atoms with Crippen LogP contribution in [0.4, 0.5) is 0 Å². The summed E-state index contributed by atoms with van der Waals surface area (Å²) < 4.78 is 42.5. The highest BCUT2D eigenvalue weighted by Gasteiger charge is 2.28. The van der Waals surface area contributed by atoms with Gasteiger partial charge in [-0.15, -0.1) is 0 Å². The Bertz CT molecular complexity index is 640. The maximum Gasteiger partial charge on any atom is 0.208 e. The van der Waals surface area contributed by atoms with Crippen molar-refractivity contribution in [2.45, 2.75) is 31.2 Å². The molecule has 140 valence electrons. The van der Waals surface area contributed by atoms with Gasteiger partial charge < -0.3 is 14.2 Å². The largest absolute Gasteiger partial charge is 0.493 e. The first-order valence-electron chi connectivity index (χ1n) is 8.87. The first-order valence-corrected chi connectivity index (χ1v) is 10.8. The lowest BCUT2D eigenvalue weighted by Crippen LogP contribution is -2.47. The summed E-state index contributed by atoms with van der Waals surface area (Å²) in [5, 5.41) is 0. The third-order valence-electron chi connectivity index (χ3n) is 4.88. The molecule has 0 spiro atoms. The summed E-state index contributed by atoms with van der Waals surface area (Å²) >= 11 is 0. The van der Waals surface area contributed by atoms with Gasteiger partial charge in [0.1, 0.15) is 5.75 Å². The van der Waals surface area contributed by atoms with Crippen LogP contribution in [-0.2, 0) is 19.5 Å². The molecule has 0 bridgehead atoms. The summed E-state index contributed by atoms with van der Waals surface area (Å²) in [5.41, 5.74) is 1.33. The van der Waals surface area contributed by atoms with Crippen LogP contribution in [-0.4, -0.2) is 53.7 Å². The van der Waals surface area contributed by atoms with E-state index in [1.165, 1.54) is 11.8 Å². The molecule has 6 nitrogen and oxygen atoms in total. The lowest BCUT2D eigenvalue weighted by molar-refractivity contribution is 0.0187. The summed E-state index contributed by atoms with van der Waals surface area (Å²) in [6.07, 6.45) is 4.00. The van der Waals surface area contributed by atoms with Crippen LogP contribution >= 0.6 is 0 Å². The standard InChI is InChI=1S/C18H27NO5S/c1-25(20,21)19-18-8-11-23-12-16(18)13-24-17-4-2-14(3-5-17)15-6-9-22-10-7-15/h2-5,15-16,18-19H,6-13H2,1H3/t16-,18+/m1/s1. The zero-order valence-electron chi connectivity index (χ0n) is 14.6. The van der Waals surface area contributed by atoms with E-state index in [4.69, 9.17) is 14.2 Å². The lowest BCUT2D eigenvalue weighted by Gasteiger charge is -2.31. The predicted octanol–water partition coefficient (Wildman–Crippen LogP) is 1.91. The van der Waals surface area contributed by atoms with Gasteiger partial charge in [-0.2, -0.15) is 0 Å². The van der Waals surface area contributed by atoms with Gasteiger partial charge in [0.15, 0.2) is 0 Å². The van der Waals surface area contributed by atoms with Gasteiger partial charge in [0.25, 0.3) is 0 Å². The Balaban J connectivity index is 1.54. The third-order valence-corrected chi connectivity index (χ3v) is 5.61. The van der Waals surface area contributed by atoms with Crippen LogP contribution in [0.2, 0.25) is 0 Å². The molecule has 0 amide bonds. The minimum Gasteiger partial charge on any atom is -0.493 e. The second-order valence-corrected chi connectivity index (χ2v) is 8.67. The van der Waals surface area contributed by atoms with E-state index in [1.807, 2.05) is 12.1 Å². The number of sulfonamides is 1. The average molecular weight is 369 g/mol. The number of hydrogen-bond acceptors (Lipinski definition) is 5.